The van der Waals surface area contributed by atoms with Gasteiger partial charge in [0.05, 0.1) is 12.0 Å². The number of amidine groups is 1. The molecule has 2 rings (SSSR count). The Balaban J connectivity index is 2.01. The summed E-state index contributed by atoms with van der Waals surface area (Å²) in [6.45, 7) is 2.40. The normalized spacial score (nSPS) is 17.8. The Labute approximate surface area is 102 Å². The van der Waals surface area contributed by atoms with Crippen LogP contribution in [0.3, 0.4) is 0 Å². The van der Waals surface area contributed by atoms with E-state index in [4.69, 9.17) is 4.42 Å². The minimum atomic E-state index is -0.432. The third kappa shape index (κ3) is 2.50. The Bertz CT molecular complexity index is 455. The molecule has 2 amide bonds. The first-order valence-corrected chi connectivity index (χ1v) is 6.05. The van der Waals surface area contributed by atoms with E-state index >= 15 is 0 Å². The highest BCUT2D eigenvalue weighted by Gasteiger charge is 2.26. The van der Waals surface area contributed by atoms with E-state index in [0.29, 0.717) is 17.5 Å². The number of amides is 2. The van der Waals surface area contributed by atoms with Gasteiger partial charge in [0.2, 0.25) is 5.91 Å². The maximum Gasteiger partial charge on any atom is 0.307 e. The molecule has 0 spiro atoms. The number of thioether (sulfide) groups is 1. The third-order valence-corrected chi connectivity index (χ3v) is 3.13. The molecular weight excluding hydrogens is 242 g/mol. The zero-order valence-corrected chi connectivity index (χ0v) is 9.99. The van der Waals surface area contributed by atoms with Gasteiger partial charge in [-0.2, -0.15) is 0 Å². The van der Waals surface area contributed by atoms with Crippen LogP contribution in [-0.2, 0) is 4.79 Å². The highest BCUT2D eigenvalue weighted by molar-refractivity contribution is 8.15. The van der Waals surface area contributed by atoms with Gasteiger partial charge < -0.3 is 4.42 Å². The first-order chi connectivity index (χ1) is 8.22. The number of hydrogen-bond acceptors (Lipinski definition) is 5. The summed E-state index contributed by atoms with van der Waals surface area (Å²) in [6, 6.07) is 3.16. The third-order valence-electron chi connectivity index (χ3n) is 2.17. The maximum absolute atomic E-state index is 11.5. The molecule has 1 aromatic heterocycles. The fourth-order valence-electron chi connectivity index (χ4n) is 1.35. The molecule has 1 fully saturated rings. The molecule has 1 N–H and O–H groups in total. The fourth-order valence-corrected chi connectivity index (χ4v) is 2.26. The van der Waals surface area contributed by atoms with Gasteiger partial charge in [-0.25, -0.2) is 5.43 Å². The van der Waals surface area contributed by atoms with Crippen LogP contribution >= 0.6 is 11.8 Å². The Hall–Kier alpha value is -1.76. The second-order valence-electron chi connectivity index (χ2n) is 3.24. The van der Waals surface area contributed by atoms with E-state index in [1.54, 1.807) is 12.1 Å². The lowest BCUT2D eigenvalue weighted by Gasteiger charge is -2.11. The molecule has 0 bridgehead atoms. The number of rotatable bonds is 3. The molecular formula is C10H11N3O3S. The summed E-state index contributed by atoms with van der Waals surface area (Å²) < 4.78 is 4.92. The number of nitrogens with zero attached hydrogens (tertiary/aromatic N) is 2. The molecule has 90 valence electrons. The second-order valence-corrected chi connectivity index (χ2v) is 4.18. The zero-order chi connectivity index (χ0) is 12.3. The summed E-state index contributed by atoms with van der Waals surface area (Å²) in [6.07, 6.45) is 1.41. The van der Waals surface area contributed by atoms with E-state index in [9.17, 15) is 9.59 Å². The topological polar surface area (TPSA) is 74.9 Å². The van der Waals surface area contributed by atoms with Crippen molar-refractivity contribution in [1.29, 1.82) is 0 Å². The van der Waals surface area contributed by atoms with Crippen LogP contribution in [0.4, 0.5) is 0 Å². The molecule has 0 radical (unpaired) electrons. The van der Waals surface area contributed by atoms with Gasteiger partial charge in [0.25, 0.3) is 0 Å². The molecule has 1 aliphatic heterocycles. The van der Waals surface area contributed by atoms with Gasteiger partial charge in [0.1, 0.15) is 0 Å². The van der Waals surface area contributed by atoms with Gasteiger partial charge in [0.15, 0.2) is 10.9 Å². The van der Waals surface area contributed by atoms with Crippen LogP contribution in [-0.4, -0.2) is 34.2 Å². The van der Waals surface area contributed by atoms with E-state index in [0.717, 1.165) is 0 Å². The first-order valence-electron chi connectivity index (χ1n) is 5.07. The van der Waals surface area contributed by atoms with Gasteiger partial charge in [0, 0.05) is 6.54 Å². The zero-order valence-electron chi connectivity index (χ0n) is 9.17. The van der Waals surface area contributed by atoms with Crippen LogP contribution in [0.2, 0.25) is 0 Å². The van der Waals surface area contributed by atoms with Gasteiger partial charge >= 0.3 is 5.91 Å². The van der Waals surface area contributed by atoms with Crippen molar-refractivity contribution in [3.63, 3.8) is 0 Å². The highest BCUT2D eigenvalue weighted by Crippen LogP contribution is 2.18. The van der Waals surface area contributed by atoms with Crippen molar-refractivity contribution >= 4 is 28.7 Å². The smallest absolute Gasteiger partial charge is 0.307 e. The average molecular weight is 253 g/mol. The van der Waals surface area contributed by atoms with Gasteiger partial charge in [-0.05, 0) is 19.1 Å². The molecule has 2 heterocycles. The van der Waals surface area contributed by atoms with Crippen molar-refractivity contribution in [2.24, 2.45) is 5.10 Å². The minimum Gasteiger partial charge on any atom is -0.459 e. The molecule has 7 heteroatoms. The average Bonchev–Trinajstić information content (AvgIpc) is 2.95. The Morgan fingerprint density at radius 2 is 2.53 bits per heavy atom. The molecule has 1 aliphatic rings. The largest absolute Gasteiger partial charge is 0.459 e. The summed E-state index contributed by atoms with van der Waals surface area (Å²) in [7, 11) is 0. The van der Waals surface area contributed by atoms with E-state index in [1.807, 2.05) is 6.92 Å². The quantitative estimate of drug-likeness (QED) is 0.811. The molecule has 0 saturated carbocycles. The lowest BCUT2D eigenvalue weighted by Crippen LogP contribution is -2.31. The van der Waals surface area contributed by atoms with Crippen molar-refractivity contribution < 1.29 is 14.0 Å². The Morgan fingerprint density at radius 1 is 1.71 bits per heavy atom. The molecule has 17 heavy (non-hydrogen) atoms. The van der Waals surface area contributed by atoms with Crippen LogP contribution < -0.4 is 5.43 Å². The molecule has 1 saturated heterocycles. The van der Waals surface area contributed by atoms with Crippen LogP contribution in [0.25, 0.3) is 0 Å². The van der Waals surface area contributed by atoms with Crippen LogP contribution in [0, 0.1) is 0 Å². The van der Waals surface area contributed by atoms with Gasteiger partial charge in [-0.15, -0.1) is 5.10 Å². The number of hydrogen-bond donors (Lipinski definition) is 1. The SMILES string of the molecule is CCN1C(=O)CSC1=NNC(=O)c1ccco1. The molecule has 0 aliphatic carbocycles. The van der Waals surface area contributed by atoms with E-state index < -0.39 is 5.91 Å². The van der Waals surface area contributed by atoms with E-state index in [-0.39, 0.29) is 11.7 Å². The van der Waals surface area contributed by atoms with Gasteiger partial charge in [-0.1, -0.05) is 11.8 Å². The van der Waals surface area contributed by atoms with E-state index in [1.165, 1.54) is 22.9 Å². The van der Waals surface area contributed by atoms with Crippen molar-refractivity contribution in [2.45, 2.75) is 6.92 Å². The lowest BCUT2D eigenvalue weighted by atomic mass is 10.4. The summed E-state index contributed by atoms with van der Waals surface area (Å²) in [5.74, 6) is 0.122. The van der Waals surface area contributed by atoms with Crippen molar-refractivity contribution in [3.05, 3.63) is 24.2 Å². The van der Waals surface area contributed by atoms with Crippen molar-refractivity contribution in [1.82, 2.24) is 10.3 Å². The maximum atomic E-state index is 11.5. The van der Waals surface area contributed by atoms with Crippen molar-refractivity contribution in [3.8, 4) is 0 Å². The second kappa shape index (κ2) is 5.05. The molecule has 1 aromatic rings. The Morgan fingerprint density at radius 3 is 3.18 bits per heavy atom. The van der Waals surface area contributed by atoms with Crippen LogP contribution in [0.1, 0.15) is 17.5 Å². The molecule has 6 nitrogen and oxygen atoms in total. The van der Waals surface area contributed by atoms with Crippen LogP contribution in [0.15, 0.2) is 27.9 Å². The number of carbonyl (C=O) groups is 2. The molecule has 0 aromatic carbocycles. The van der Waals surface area contributed by atoms with E-state index in [2.05, 4.69) is 10.5 Å². The number of hydrazone groups is 1. The Kier molecular flexibility index (Phi) is 3.48. The predicted molar refractivity (Wildman–Crippen MR) is 63.5 cm³/mol. The highest BCUT2D eigenvalue weighted by atomic mass is 32.2. The van der Waals surface area contributed by atoms with Crippen molar-refractivity contribution in [2.75, 3.05) is 12.3 Å². The number of carbonyl (C=O) groups excluding carboxylic acids is 2. The monoisotopic (exact) mass is 253 g/mol. The standard InChI is InChI=1S/C10H11N3O3S/c1-2-13-8(14)6-17-10(13)12-11-9(15)7-4-3-5-16-7/h3-5H,2,6H2,1H3,(H,11,15). The van der Waals surface area contributed by atoms with Gasteiger partial charge in [-0.3, -0.25) is 14.5 Å². The van der Waals surface area contributed by atoms with Crippen LogP contribution in [0.5, 0.6) is 0 Å². The summed E-state index contributed by atoms with van der Waals surface area (Å²) in [5, 5.41) is 4.42. The number of furan rings is 1. The summed E-state index contributed by atoms with van der Waals surface area (Å²) in [5.41, 5.74) is 2.35. The predicted octanol–water partition coefficient (Wildman–Crippen LogP) is 0.876. The summed E-state index contributed by atoms with van der Waals surface area (Å²) >= 11 is 1.30. The summed E-state index contributed by atoms with van der Waals surface area (Å²) in [4.78, 5) is 24.4. The fraction of sp³-hybridized carbons (Fsp3) is 0.300. The molecule has 0 unspecified atom stereocenters. The minimum absolute atomic E-state index is 0.00324. The molecule has 0 atom stereocenters. The number of nitrogens with one attached hydrogen (secondary N) is 1. The first kappa shape index (κ1) is 11.7. The lowest BCUT2D eigenvalue weighted by molar-refractivity contribution is -0.123.